The van der Waals surface area contributed by atoms with Crippen molar-refractivity contribution in [2.45, 2.75) is 23.6 Å². The highest BCUT2D eigenvalue weighted by Crippen LogP contribution is 2.34. The minimum absolute atomic E-state index is 0.0885. The lowest BCUT2D eigenvalue weighted by atomic mass is 10.1. The van der Waals surface area contributed by atoms with Crippen molar-refractivity contribution in [1.82, 2.24) is 0 Å². The molecule has 0 spiro atoms. The number of hydrogen-bond donors (Lipinski definition) is 0. The molecule has 4 heteroatoms. The van der Waals surface area contributed by atoms with Crippen LogP contribution in [0.4, 0.5) is 0 Å². The lowest BCUT2D eigenvalue weighted by Crippen LogP contribution is -2.03. The van der Waals surface area contributed by atoms with Crippen LogP contribution in [0, 0.1) is 5.92 Å². The Balaban J connectivity index is 2.49. The molecule has 1 rings (SSSR count). The summed E-state index contributed by atoms with van der Waals surface area (Å²) in [6, 6.07) is 0. The molecule has 0 aromatic heterocycles. The van der Waals surface area contributed by atoms with Gasteiger partial charge in [-0.2, -0.15) is 0 Å². The third-order valence-electron chi connectivity index (χ3n) is 1.73. The van der Waals surface area contributed by atoms with Gasteiger partial charge in [0.2, 0.25) is 5.24 Å². The average Bonchev–Trinajstić information content (AvgIpc) is 2.13. The van der Waals surface area contributed by atoms with Gasteiger partial charge in [0.1, 0.15) is 0 Å². The number of carbonyl (C=O) groups excluding carboxylic acids is 1. The fraction of sp³-hybridized carbons (Fsp3) is 0.833. The first-order valence-electron chi connectivity index (χ1n) is 3.08. The third-order valence-corrected chi connectivity index (χ3v) is 3.14. The van der Waals surface area contributed by atoms with Gasteiger partial charge in [-0.1, -0.05) is 0 Å². The van der Waals surface area contributed by atoms with Gasteiger partial charge in [0.25, 0.3) is 0 Å². The van der Waals surface area contributed by atoms with Gasteiger partial charge in [0.15, 0.2) is 0 Å². The van der Waals surface area contributed by atoms with E-state index in [2.05, 4.69) is 0 Å². The van der Waals surface area contributed by atoms with Gasteiger partial charge >= 0.3 is 0 Å². The summed E-state index contributed by atoms with van der Waals surface area (Å²) in [5, 5.41) is -0.488. The van der Waals surface area contributed by atoms with E-state index in [4.69, 9.17) is 34.8 Å². The summed E-state index contributed by atoms with van der Waals surface area (Å²) in [5.41, 5.74) is 0. The molecular formula is C6H7Cl3O. The fourth-order valence-electron chi connectivity index (χ4n) is 1.12. The predicted molar refractivity (Wildman–Crippen MR) is 42.9 cm³/mol. The van der Waals surface area contributed by atoms with E-state index in [-0.39, 0.29) is 21.9 Å². The maximum atomic E-state index is 10.6. The zero-order valence-corrected chi connectivity index (χ0v) is 7.46. The minimum Gasteiger partial charge on any atom is -0.281 e. The summed E-state index contributed by atoms with van der Waals surface area (Å²) in [6.45, 7) is 0. The Labute approximate surface area is 74.6 Å². The normalized spacial score (nSPS) is 40.1. The molecule has 2 atom stereocenters. The molecule has 0 N–H and O–H groups in total. The molecule has 1 saturated carbocycles. The number of carbonyl (C=O) groups is 1. The van der Waals surface area contributed by atoms with E-state index in [9.17, 15) is 4.79 Å². The molecule has 1 nitrogen and oxygen atoms in total. The van der Waals surface area contributed by atoms with E-state index < -0.39 is 0 Å². The molecule has 0 aromatic carbocycles. The lowest BCUT2D eigenvalue weighted by Gasteiger charge is -1.99. The molecule has 0 aliphatic heterocycles. The Morgan fingerprint density at radius 1 is 1.20 bits per heavy atom. The summed E-state index contributed by atoms with van der Waals surface area (Å²) in [6.07, 6.45) is 1.25. The molecule has 10 heavy (non-hydrogen) atoms. The van der Waals surface area contributed by atoms with Crippen molar-refractivity contribution >= 4 is 40.0 Å². The molecule has 0 amide bonds. The molecule has 1 aliphatic carbocycles. The van der Waals surface area contributed by atoms with Crippen molar-refractivity contribution in [1.29, 1.82) is 0 Å². The van der Waals surface area contributed by atoms with Crippen LogP contribution < -0.4 is 0 Å². The topological polar surface area (TPSA) is 17.1 Å². The van der Waals surface area contributed by atoms with Crippen LogP contribution in [0.15, 0.2) is 0 Å². The third kappa shape index (κ3) is 1.77. The van der Waals surface area contributed by atoms with Gasteiger partial charge in [-0.15, -0.1) is 23.2 Å². The van der Waals surface area contributed by atoms with Crippen LogP contribution in [0.2, 0.25) is 0 Å². The molecule has 1 aliphatic rings. The van der Waals surface area contributed by atoms with Crippen molar-refractivity contribution < 1.29 is 4.79 Å². The monoisotopic (exact) mass is 200 g/mol. The lowest BCUT2D eigenvalue weighted by molar-refractivity contribution is -0.114. The Bertz CT molecular complexity index is 138. The maximum absolute atomic E-state index is 10.6. The second-order valence-electron chi connectivity index (χ2n) is 2.50. The van der Waals surface area contributed by atoms with Gasteiger partial charge in [-0.25, -0.2) is 0 Å². The Morgan fingerprint density at radius 3 is 1.80 bits per heavy atom. The molecule has 1 fully saturated rings. The molecule has 2 unspecified atom stereocenters. The van der Waals surface area contributed by atoms with E-state index in [0.717, 1.165) is 0 Å². The molecule has 0 heterocycles. The van der Waals surface area contributed by atoms with Crippen LogP contribution in [0.1, 0.15) is 12.8 Å². The number of rotatable bonds is 1. The molecule has 58 valence electrons. The van der Waals surface area contributed by atoms with Crippen molar-refractivity contribution in [3.8, 4) is 0 Å². The quantitative estimate of drug-likeness (QED) is 0.470. The first-order chi connectivity index (χ1) is 4.61. The van der Waals surface area contributed by atoms with Crippen LogP contribution in [-0.4, -0.2) is 16.0 Å². The van der Waals surface area contributed by atoms with Crippen LogP contribution in [0.3, 0.4) is 0 Å². The van der Waals surface area contributed by atoms with Crippen molar-refractivity contribution in [2.24, 2.45) is 5.92 Å². The van der Waals surface area contributed by atoms with Crippen LogP contribution in [-0.2, 0) is 4.79 Å². The van der Waals surface area contributed by atoms with Gasteiger partial charge in [0.05, 0.1) is 10.8 Å². The largest absolute Gasteiger partial charge is 0.281 e. The van der Waals surface area contributed by atoms with Crippen LogP contribution in [0.25, 0.3) is 0 Å². The SMILES string of the molecule is O=C(Cl)C1CC(Cl)C(Cl)C1. The summed E-state index contributed by atoms with van der Waals surface area (Å²) in [4.78, 5) is 10.6. The van der Waals surface area contributed by atoms with E-state index >= 15 is 0 Å². The van der Waals surface area contributed by atoms with Gasteiger partial charge in [-0.3, -0.25) is 4.79 Å². The Kier molecular flexibility index (Phi) is 2.84. The summed E-state index contributed by atoms with van der Waals surface area (Å²) < 4.78 is 0. The van der Waals surface area contributed by atoms with E-state index in [1.54, 1.807) is 0 Å². The first kappa shape index (κ1) is 8.63. The Hall–Kier alpha value is 0.540. The van der Waals surface area contributed by atoms with Crippen molar-refractivity contribution in [3.05, 3.63) is 0 Å². The standard InChI is InChI=1S/C6H7Cl3O/c7-4-1-3(6(9)10)2-5(4)8/h3-5H,1-2H2. The zero-order valence-electron chi connectivity index (χ0n) is 5.19. The van der Waals surface area contributed by atoms with E-state index in [0.29, 0.717) is 12.8 Å². The van der Waals surface area contributed by atoms with E-state index in [1.165, 1.54) is 0 Å². The highest BCUT2D eigenvalue weighted by Gasteiger charge is 2.34. The maximum Gasteiger partial charge on any atom is 0.224 e. The second kappa shape index (κ2) is 3.29. The number of hydrogen-bond acceptors (Lipinski definition) is 1. The van der Waals surface area contributed by atoms with E-state index in [1.807, 2.05) is 0 Å². The second-order valence-corrected chi connectivity index (χ2v) is 4.00. The highest BCUT2D eigenvalue weighted by atomic mass is 35.5. The number of alkyl halides is 2. The smallest absolute Gasteiger partial charge is 0.224 e. The molecule has 0 bridgehead atoms. The van der Waals surface area contributed by atoms with Crippen molar-refractivity contribution in [3.63, 3.8) is 0 Å². The molecular weight excluding hydrogens is 194 g/mol. The van der Waals surface area contributed by atoms with Gasteiger partial charge < -0.3 is 0 Å². The minimum atomic E-state index is -0.311. The summed E-state index contributed by atoms with van der Waals surface area (Å²) >= 11 is 16.8. The van der Waals surface area contributed by atoms with Gasteiger partial charge in [0, 0.05) is 5.92 Å². The zero-order chi connectivity index (χ0) is 7.72. The van der Waals surface area contributed by atoms with Crippen LogP contribution in [0.5, 0.6) is 0 Å². The fourth-order valence-corrected chi connectivity index (χ4v) is 1.93. The average molecular weight is 201 g/mol. The Morgan fingerprint density at radius 2 is 1.60 bits per heavy atom. The summed E-state index contributed by atoms with van der Waals surface area (Å²) in [5.74, 6) is -0.119. The highest BCUT2D eigenvalue weighted by molar-refractivity contribution is 6.64. The van der Waals surface area contributed by atoms with Crippen LogP contribution >= 0.6 is 34.8 Å². The first-order valence-corrected chi connectivity index (χ1v) is 4.34. The molecule has 0 saturated heterocycles. The number of halogens is 3. The predicted octanol–water partition coefficient (Wildman–Crippen LogP) is 2.38. The van der Waals surface area contributed by atoms with Gasteiger partial charge in [-0.05, 0) is 24.4 Å². The summed E-state index contributed by atoms with van der Waals surface area (Å²) in [7, 11) is 0. The molecule has 0 aromatic rings. The van der Waals surface area contributed by atoms with Crippen molar-refractivity contribution in [2.75, 3.05) is 0 Å². The molecule has 0 radical (unpaired) electrons.